The number of aliphatic carboxylic acids is 2. The molecule has 194 valence electrons. The van der Waals surface area contributed by atoms with E-state index in [0.29, 0.717) is 5.92 Å². The van der Waals surface area contributed by atoms with E-state index in [4.69, 9.17) is 31.4 Å². The van der Waals surface area contributed by atoms with Crippen molar-refractivity contribution in [2.24, 2.45) is 0 Å². The maximum atomic E-state index is 10.6. The summed E-state index contributed by atoms with van der Waals surface area (Å²) < 4.78 is 63.5. The number of hydrogen-bond donors (Lipinski definition) is 2. The van der Waals surface area contributed by atoms with E-state index in [1.165, 1.54) is 30.5 Å². The molecule has 1 atom stereocenters. The van der Waals surface area contributed by atoms with Crippen molar-refractivity contribution in [2.75, 3.05) is 19.6 Å². The van der Waals surface area contributed by atoms with Crippen molar-refractivity contribution in [3.63, 3.8) is 0 Å². The van der Waals surface area contributed by atoms with E-state index >= 15 is 0 Å². The highest BCUT2D eigenvalue weighted by Crippen LogP contribution is 2.27. The van der Waals surface area contributed by atoms with Crippen LogP contribution in [0.15, 0.2) is 48.8 Å². The molecule has 0 amide bonds. The molecule has 2 heterocycles. The van der Waals surface area contributed by atoms with Crippen LogP contribution in [0.25, 0.3) is 0 Å². The molecule has 6 nitrogen and oxygen atoms in total. The molecule has 0 saturated carbocycles. The summed E-state index contributed by atoms with van der Waals surface area (Å²) in [7, 11) is 0. The molecule has 2 N–H and O–H groups in total. The minimum absolute atomic E-state index is 0.647. The van der Waals surface area contributed by atoms with Gasteiger partial charge in [-0.2, -0.15) is 26.3 Å². The Bertz CT molecular complexity index is 900. The average molecular weight is 529 g/mol. The zero-order valence-corrected chi connectivity index (χ0v) is 18.9. The Kier molecular flexibility index (Phi) is 12.0. The van der Waals surface area contributed by atoms with Gasteiger partial charge in [0.2, 0.25) is 0 Å². The molecule has 3 rings (SSSR count). The highest BCUT2D eigenvalue weighted by atomic mass is 35.5. The van der Waals surface area contributed by atoms with Crippen LogP contribution in [0.4, 0.5) is 26.3 Å². The van der Waals surface area contributed by atoms with Gasteiger partial charge in [-0.1, -0.05) is 23.7 Å². The molecule has 2 aromatic rings. The Morgan fingerprint density at radius 2 is 1.43 bits per heavy atom. The Morgan fingerprint density at radius 3 is 1.89 bits per heavy atom. The fourth-order valence-corrected chi connectivity index (χ4v) is 3.23. The van der Waals surface area contributed by atoms with Gasteiger partial charge in [-0.05, 0) is 67.1 Å². The van der Waals surface area contributed by atoms with Crippen molar-refractivity contribution < 1.29 is 46.1 Å². The zero-order chi connectivity index (χ0) is 26.6. The van der Waals surface area contributed by atoms with E-state index in [9.17, 15) is 26.3 Å². The smallest absolute Gasteiger partial charge is 0.475 e. The second-order valence-electron chi connectivity index (χ2n) is 7.40. The first-order chi connectivity index (χ1) is 16.2. The van der Waals surface area contributed by atoms with Crippen LogP contribution in [-0.4, -0.2) is 64.0 Å². The number of halogens is 7. The molecule has 1 unspecified atom stereocenters. The molecule has 0 aliphatic carbocycles. The molecule has 0 radical (unpaired) electrons. The number of carboxylic acid groups (broad SMARTS) is 2. The van der Waals surface area contributed by atoms with E-state index < -0.39 is 24.3 Å². The van der Waals surface area contributed by atoms with E-state index in [2.05, 4.69) is 34.1 Å². The predicted molar refractivity (Wildman–Crippen MR) is 115 cm³/mol. The Morgan fingerprint density at radius 1 is 0.943 bits per heavy atom. The Hall–Kier alpha value is -2.86. The number of hydrogen-bond acceptors (Lipinski definition) is 4. The summed E-state index contributed by atoms with van der Waals surface area (Å²) in [6.07, 6.45) is -2.74. The lowest BCUT2D eigenvalue weighted by Crippen LogP contribution is -2.35. The molecule has 35 heavy (non-hydrogen) atoms. The average Bonchev–Trinajstić information content (AvgIpc) is 2.79. The summed E-state index contributed by atoms with van der Waals surface area (Å²) in [4.78, 5) is 24.5. The van der Waals surface area contributed by atoms with E-state index in [-0.39, 0.29) is 0 Å². The van der Waals surface area contributed by atoms with Crippen molar-refractivity contribution in [3.8, 4) is 0 Å². The van der Waals surface area contributed by atoms with E-state index in [1.54, 1.807) is 0 Å². The number of benzene rings is 1. The van der Waals surface area contributed by atoms with E-state index in [0.717, 1.165) is 24.5 Å². The molecule has 1 aromatic carbocycles. The molecule has 1 saturated heterocycles. The SMILES string of the molecule is Clc1ccc(C2CCCN(CCc3ccncc3)C2)cc1.O=C(O)C(F)(F)F.O=C(O)C(F)(F)F. The number of rotatable bonds is 4. The largest absolute Gasteiger partial charge is 0.490 e. The number of carbonyl (C=O) groups is 2. The minimum Gasteiger partial charge on any atom is -0.475 e. The van der Waals surface area contributed by atoms with E-state index in [1.807, 2.05) is 24.5 Å². The fraction of sp³-hybridized carbons (Fsp3) is 0.409. The third-order valence-electron chi connectivity index (χ3n) is 4.80. The van der Waals surface area contributed by atoms with Crippen LogP contribution in [0.1, 0.15) is 29.9 Å². The lowest BCUT2D eigenvalue weighted by molar-refractivity contribution is -0.193. The maximum Gasteiger partial charge on any atom is 0.490 e. The van der Waals surface area contributed by atoms with Gasteiger partial charge in [0.1, 0.15) is 0 Å². The van der Waals surface area contributed by atoms with Crippen molar-refractivity contribution in [1.82, 2.24) is 9.88 Å². The summed E-state index contributed by atoms with van der Waals surface area (Å²) in [5, 5.41) is 15.1. The quantitative estimate of drug-likeness (QED) is 0.515. The van der Waals surface area contributed by atoms with Crippen molar-refractivity contribution in [1.29, 1.82) is 0 Å². The van der Waals surface area contributed by atoms with Gasteiger partial charge in [0.05, 0.1) is 0 Å². The monoisotopic (exact) mass is 528 g/mol. The molecule has 1 aliphatic heterocycles. The number of likely N-dealkylation sites (tertiary alicyclic amines) is 1. The van der Waals surface area contributed by atoms with Crippen LogP contribution in [0.2, 0.25) is 5.02 Å². The van der Waals surface area contributed by atoms with Gasteiger partial charge < -0.3 is 15.1 Å². The first-order valence-corrected chi connectivity index (χ1v) is 10.5. The number of alkyl halides is 6. The van der Waals surface area contributed by atoms with Gasteiger partial charge >= 0.3 is 24.3 Å². The van der Waals surface area contributed by atoms with Crippen LogP contribution in [0.3, 0.4) is 0 Å². The zero-order valence-electron chi connectivity index (χ0n) is 18.2. The summed E-state index contributed by atoms with van der Waals surface area (Å²) in [6, 6.07) is 12.6. The Balaban J connectivity index is 0.000000362. The molecule has 1 aliphatic rings. The molecule has 0 bridgehead atoms. The molecule has 1 fully saturated rings. The number of nitrogens with zero attached hydrogens (tertiary/aromatic N) is 2. The highest BCUT2D eigenvalue weighted by molar-refractivity contribution is 6.30. The van der Waals surface area contributed by atoms with Gasteiger partial charge in [-0.25, -0.2) is 9.59 Å². The fourth-order valence-electron chi connectivity index (χ4n) is 3.10. The normalized spacial score (nSPS) is 16.3. The number of piperidine rings is 1. The molecule has 13 heteroatoms. The Labute approximate surface area is 202 Å². The van der Waals surface area contributed by atoms with Crippen LogP contribution >= 0.6 is 11.6 Å². The second kappa shape index (κ2) is 13.9. The van der Waals surface area contributed by atoms with Gasteiger partial charge in [0.15, 0.2) is 0 Å². The standard InChI is InChI=1S/C18H21ClN2.2C2HF3O2/c19-18-5-3-16(4-6-18)17-2-1-12-21(14-17)13-9-15-7-10-20-11-8-15;2*3-2(4,5)1(6)7/h3-8,10-11,17H,1-2,9,12-14H2;2*(H,6,7). The lowest BCUT2D eigenvalue weighted by atomic mass is 9.90. The van der Waals surface area contributed by atoms with Gasteiger partial charge in [0, 0.05) is 30.5 Å². The summed E-state index contributed by atoms with van der Waals surface area (Å²) in [5.74, 6) is -4.87. The third-order valence-corrected chi connectivity index (χ3v) is 5.05. The molecular formula is C22H23ClF6N2O4. The van der Waals surface area contributed by atoms with Crippen molar-refractivity contribution in [2.45, 2.75) is 37.5 Å². The third kappa shape index (κ3) is 12.4. The number of aromatic nitrogens is 1. The van der Waals surface area contributed by atoms with Gasteiger partial charge in [0.25, 0.3) is 0 Å². The molecular weight excluding hydrogens is 506 g/mol. The highest BCUT2D eigenvalue weighted by Gasteiger charge is 2.38. The topological polar surface area (TPSA) is 90.7 Å². The van der Waals surface area contributed by atoms with Crippen LogP contribution in [0.5, 0.6) is 0 Å². The summed E-state index contributed by atoms with van der Waals surface area (Å²) in [5.41, 5.74) is 2.80. The minimum atomic E-state index is -5.08. The van der Waals surface area contributed by atoms with Gasteiger partial charge in [-0.3, -0.25) is 4.98 Å². The summed E-state index contributed by atoms with van der Waals surface area (Å²) >= 11 is 5.98. The van der Waals surface area contributed by atoms with Crippen LogP contribution < -0.4 is 0 Å². The predicted octanol–water partition coefficient (Wildman–Crippen LogP) is 5.42. The maximum absolute atomic E-state index is 10.6. The molecule has 0 spiro atoms. The van der Waals surface area contributed by atoms with Crippen molar-refractivity contribution >= 4 is 23.5 Å². The number of pyridine rings is 1. The van der Waals surface area contributed by atoms with Crippen LogP contribution in [0, 0.1) is 0 Å². The second-order valence-corrected chi connectivity index (χ2v) is 7.84. The first-order valence-electron chi connectivity index (χ1n) is 10.2. The lowest BCUT2D eigenvalue weighted by Gasteiger charge is -2.33. The van der Waals surface area contributed by atoms with Crippen LogP contribution in [-0.2, 0) is 16.0 Å². The van der Waals surface area contributed by atoms with Crippen molar-refractivity contribution in [3.05, 3.63) is 64.9 Å². The first kappa shape index (κ1) is 30.2. The number of carboxylic acids is 2. The van der Waals surface area contributed by atoms with Gasteiger partial charge in [-0.15, -0.1) is 0 Å². The molecule has 1 aromatic heterocycles. The summed E-state index contributed by atoms with van der Waals surface area (Å²) in [6.45, 7) is 3.51.